The average molecular weight is 244 g/mol. The lowest BCUT2D eigenvalue weighted by Gasteiger charge is -2.31. The van der Waals surface area contributed by atoms with E-state index < -0.39 is 11.5 Å². The molecular formula is C10H16N2O3S. The van der Waals surface area contributed by atoms with Crippen LogP contribution >= 0.6 is 11.8 Å². The van der Waals surface area contributed by atoms with E-state index in [2.05, 4.69) is 12.2 Å². The summed E-state index contributed by atoms with van der Waals surface area (Å²) in [5.74, 6) is 0.00885. The largest absolute Gasteiger partial charge is 0.480 e. The van der Waals surface area contributed by atoms with E-state index >= 15 is 0 Å². The number of hydrogen-bond donors (Lipinski definition) is 2. The van der Waals surface area contributed by atoms with Gasteiger partial charge < -0.3 is 15.3 Å². The normalized spacial score (nSPS) is 27.3. The van der Waals surface area contributed by atoms with Crippen molar-refractivity contribution in [2.75, 3.05) is 18.8 Å². The number of nitrogens with zero attached hydrogens (tertiary/aromatic N) is 1. The maximum Gasteiger partial charge on any atom is 0.329 e. The number of nitrogens with one attached hydrogen (secondary N) is 1. The zero-order chi connectivity index (χ0) is 11.8. The van der Waals surface area contributed by atoms with E-state index in [4.69, 9.17) is 5.11 Å². The van der Waals surface area contributed by atoms with Crippen LogP contribution in [0, 0.1) is 0 Å². The van der Waals surface area contributed by atoms with Crippen molar-refractivity contribution in [1.82, 2.24) is 10.2 Å². The van der Waals surface area contributed by atoms with Crippen LogP contribution in [0.2, 0.25) is 0 Å². The van der Waals surface area contributed by atoms with Gasteiger partial charge >= 0.3 is 12.0 Å². The Labute approximate surface area is 98.6 Å². The van der Waals surface area contributed by atoms with Gasteiger partial charge in [0.1, 0.15) is 5.54 Å². The third kappa shape index (κ3) is 2.26. The number of aliphatic carboxylic acids is 1. The van der Waals surface area contributed by atoms with Crippen LogP contribution in [-0.2, 0) is 4.79 Å². The number of carboxylic acids is 1. The van der Waals surface area contributed by atoms with Crippen LogP contribution in [-0.4, -0.2) is 51.6 Å². The Morgan fingerprint density at radius 1 is 1.50 bits per heavy atom. The molecule has 2 N–H and O–H groups in total. The highest BCUT2D eigenvalue weighted by Gasteiger charge is 2.52. The number of amides is 2. The number of thioether (sulfide) groups is 1. The molecule has 0 aromatic rings. The van der Waals surface area contributed by atoms with Crippen molar-refractivity contribution >= 4 is 23.8 Å². The first kappa shape index (κ1) is 11.6. The summed E-state index contributed by atoms with van der Waals surface area (Å²) in [4.78, 5) is 24.5. The zero-order valence-electron chi connectivity index (χ0n) is 9.23. The summed E-state index contributed by atoms with van der Waals surface area (Å²) in [6.07, 6.45) is 1.10. The van der Waals surface area contributed by atoms with Gasteiger partial charge in [0.25, 0.3) is 0 Å². The van der Waals surface area contributed by atoms with E-state index in [0.717, 1.165) is 5.75 Å². The molecule has 90 valence electrons. The molecule has 0 bridgehead atoms. The molecule has 0 aromatic carbocycles. The maximum absolute atomic E-state index is 11.8. The minimum atomic E-state index is -0.967. The van der Waals surface area contributed by atoms with E-state index in [1.54, 1.807) is 4.90 Å². The van der Waals surface area contributed by atoms with Gasteiger partial charge in [-0.3, -0.25) is 0 Å². The molecule has 1 aliphatic carbocycles. The minimum absolute atomic E-state index is 0.230. The van der Waals surface area contributed by atoms with E-state index in [1.165, 1.54) is 0 Å². The van der Waals surface area contributed by atoms with Gasteiger partial charge in [-0.15, -0.1) is 0 Å². The number of carbonyl (C=O) groups excluding carboxylic acids is 1. The number of rotatable bonds is 2. The van der Waals surface area contributed by atoms with Crippen LogP contribution < -0.4 is 5.32 Å². The lowest BCUT2D eigenvalue weighted by Crippen LogP contribution is -2.52. The predicted molar refractivity (Wildman–Crippen MR) is 61.6 cm³/mol. The Morgan fingerprint density at radius 3 is 2.69 bits per heavy atom. The molecule has 1 saturated carbocycles. The van der Waals surface area contributed by atoms with Crippen molar-refractivity contribution in [3.8, 4) is 0 Å². The highest BCUT2D eigenvalue weighted by atomic mass is 32.2. The second-order valence-corrected chi connectivity index (χ2v) is 5.99. The van der Waals surface area contributed by atoms with Crippen molar-refractivity contribution in [3.63, 3.8) is 0 Å². The number of urea groups is 1. The van der Waals surface area contributed by atoms with Gasteiger partial charge in [0.15, 0.2) is 0 Å². The number of hydrogen-bond acceptors (Lipinski definition) is 3. The molecular weight excluding hydrogens is 228 g/mol. The van der Waals surface area contributed by atoms with Gasteiger partial charge in [0, 0.05) is 24.1 Å². The third-order valence-electron chi connectivity index (χ3n) is 3.03. The molecule has 0 radical (unpaired) electrons. The van der Waals surface area contributed by atoms with Crippen LogP contribution in [0.3, 0.4) is 0 Å². The van der Waals surface area contributed by atoms with Crippen molar-refractivity contribution in [3.05, 3.63) is 0 Å². The Kier molecular flexibility index (Phi) is 3.01. The summed E-state index contributed by atoms with van der Waals surface area (Å²) in [6, 6.07) is -0.230. The molecule has 1 atom stereocenters. The minimum Gasteiger partial charge on any atom is -0.480 e. The summed E-state index contributed by atoms with van der Waals surface area (Å²) in [5.41, 5.74) is -0.967. The zero-order valence-corrected chi connectivity index (χ0v) is 10.0. The van der Waals surface area contributed by atoms with E-state index in [9.17, 15) is 9.59 Å². The van der Waals surface area contributed by atoms with E-state index in [1.807, 2.05) is 11.8 Å². The molecule has 16 heavy (non-hydrogen) atoms. The van der Waals surface area contributed by atoms with Gasteiger partial charge in [-0.25, -0.2) is 9.59 Å². The first-order valence-corrected chi connectivity index (χ1v) is 6.50. The van der Waals surface area contributed by atoms with Crippen LogP contribution in [0.4, 0.5) is 4.79 Å². The van der Waals surface area contributed by atoms with Crippen LogP contribution in [0.15, 0.2) is 0 Å². The molecule has 5 nitrogen and oxygen atoms in total. The monoisotopic (exact) mass is 244 g/mol. The molecule has 1 heterocycles. The maximum atomic E-state index is 11.8. The van der Waals surface area contributed by atoms with Crippen molar-refractivity contribution in [2.24, 2.45) is 0 Å². The average Bonchev–Trinajstić information content (AvgIpc) is 2.99. The fourth-order valence-electron chi connectivity index (χ4n) is 1.80. The van der Waals surface area contributed by atoms with E-state index in [0.29, 0.717) is 31.2 Å². The Balaban J connectivity index is 1.90. The van der Waals surface area contributed by atoms with Crippen molar-refractivity contribution in [1.29, 1.82) is 0 Å². The molecule has 2 amide bonds. The predicted octanol–water partition coefficient (Wildman–Crippen LogP) is 0.750. The first-order chi connectivity index (χ1) is 7.53. The van der Waals surface area contributed by atoms with E-state index in [-0.39, 0.29) is 6.03 Å². The van der Waals surface area contributed by atoms with Crippen LogP contribution in [0.25, 0.3) is 0 Å². The lowest BCUT2D eigenvalue weighted by atomic mass is 10.3. The summed E-state index contributed by atoms with van der Waals surface area (Å²) in [7, 11) is 0. The summed E-state index contributed by atoms with van der Waals surface area (Å²) in [6.45, 7) is 3.48. The fraction of sp³-hybridized carbons (Fsp3) is 0.800. The van der Waals surface area contributed by atoms with Crippen molar-refractivity contribution in [2.45, 2.75) is 30.6 Å². The quantitative estimate of drug-likeness (QED) is 0.752. The highest BCUT2D eigenvalue weighted by molar-refractivity contribution is 7.99. The number of carbonyl (C=O) groups is 2. The Bertz CT molecular complexity index is 317. The SMILES string of the molecule is CC1CN(C(=O)NC2(C(=O)O)CC2)CCS1. The van der Waals surface area contributed by atoms with Gasteiger partial charge in [0.2, 0.25) is 0 Å². The standard InChI is InChI=1S/C10H16N2O3S/c1-7-6-12(4-5-16-7)9(15)11-10(2-3-10)8(13)14/h7H,2-6H2,1H3,(H,11,15)(H,13,14). The molecule has 1 unspecified atom stereocenters. The Morgan fingerprint density at radius 2 is 2.19 bits per heavy atom. The summed E-state index contributed by atoms with van der Waals surface area (Å²) < 4.78 is 0. The van der Waals surface area contributed by atoms with Gasteiger partial charge in [-0.1, -0.05) is 6.92 Å². The summed E-state index contributed by atoms with van der Waals surface area (Å²) in [5, 5.41) is 12.0. The molecule has 1 saturated heterocycles. The third-order valence-corrected chi connectivity index (χ3v) is 4.17. The molecule has 0 spiro atoms. The first-order valence-electron chi connectivity index (χ1n) is 5.46. The topological polar surface area (TPSA) is 69.6 Å². The van der Waals surface area contributed by atoms with Crippen molar-refractivity contribution < 1.29 is 14.7 Å². The fourth-order valence-corrected chi connectivity index (χ4v) is 2.82. The van der Waals surface area contributed by atoms with Crippen LogP contribution in [0.1, 0.15) is 19.8 Å². The lowest BCUT2D eigenvalue weighted by molar-refractivity contribution is -0.140. The van der Waals surface area contributed by atoms with Gasteiger partial charge in [-0.2, -0.15) is 11.8 Å². The second kappa shape index (κ2) is 4.16. The number of carboxylic acid groups (broad SMARTS) is 1. The van der Waals surface area contributed by atoms with Gasteiger partial charge in [-0.05, 0) is 12.8 Å². The smallest absolute Gasteiger partial charge is 0.329 e. The molecule has 2 fully saturated rings. The molecule has 6 heteroatoms. The molecule has 2 rings (SSSR count). The van der Waals surface area contributed by atoms with Gasteiger partial charge in [0.05, 0.1) is 0 Å². The molecule has 2 aliphatic rings. The Hall–Kier alpha value is -0.910. The highest BCUT2D eigenvalue weighted by Crippen LogP contribution is 2.35. The van der Waals surface area contributed by atoms with Crippen LogP contribution in [0.5, 0.6) is 0 Å². The molecule has 1 aliphatic heterocycles. The molecule has 0 aromatic heterocycles. The second-order valence-electron chi connectivity index (χ2n) is 4.44. The summed E-state index contributed by atoms with van der Waals surface area (Å²) >= 11 is 1.84.